The quantitative estimate of drug-likeness (QED) is 0.817. The number of H-pyrrole nitrogens is 1. The predicted molar refractivity (Wildman–Crippen MR) is 59.9 cm³/mol. The van der Waals surface area contributed by atoms with E-state index in [2.05, 4.69) is 9.97 Å². The lowest BCUT2D eigenvalue weighted by Crippen LogP contribution is -2.09. The van der Waals surface area contributed by atoms with E-state index in [-0.39, 0.29) is 12.2 Å². The van der Waals surface area contributed by atoms with E-state index in [9.17, 15) is 13.2 Å². The van der Waals surface area contributed by atoms with Crippen molar-refractivity contribution in [2.75, 3.05) is 5.73 Å². The van der Waals surface area contributed by atoms with Crippen molar-refractivity contribution in [1.29, 1.82) is 0 Å². The molecule has 17 heavy (non-hydrogen) atoms. The van der Waals surface area contributed by atoms with Gasteiger partial charge in [0.05, 0.1) is 17.6 Å². The fourth-order valence-corrected chi connectivity index (χ4v) is 1.76. The van der Waals surface area contributed by atoms with Crippen LogP contribution in [0.3, 0.4) is 0 Å². The van der Waals surface area contributed by atoms with Crippen LogP contribution in [-0.2, 0) is 6.42 Å². The molecule has 0 atom stereocenters. The summed E-state index contributed by atoms with van der Waals surface area (Å²) in [5.41, 5.74) is 7.01. The number of nitrogens with two attached hydrogens (primary N) is 1. The summed E-state index contributed by atoms with van der Waals surface area (Å²) in [6.45, 7) is 0. The SMILES string of the molecule is Nc1cc(Cl)cc2[nH]c(CCC(F)(F)F)nc12. The number of aromatic nitrogens is 2. The van der Waals surface area contributed by atoms with Gasteiger partial charge in [0.1, 0.15) is 11.3 Å². The number of aryl methyl sites for hydroxylation is 1. The number of benzene rings is 1. The van der Waals surface area contributed by atoms with Crippen LogP contribution in [0.2, 0.25) is 5.02 Å². The molecule has 1 aromatic heterocycles. The Balaban J connectivity index is 2.29. The van der Waals surface area contributed by atoms with Gasteiger partial charge in [0.25, 0.3) is 0 Å². The number of alkyl halides is 3. The number of imidazole rings is 1. The van der Waals surface area contributed by atoms with Crippen molar-refractivity contribution >= 4 is 28.3 Å². The number of nitrogen functional groups attached to an aromatic ring is 1. The number of fused-ring (bicyclic) bond motifs is 1. The zero-order chi connectivity index (χ0) is 12.6. The second-order valence-corrected chi connectivity index (χ2v) is 4.13. The molecule has 0 saturated carbocycles. The number of rotatable bonds is 2. The van der Waals surface area contributed by atoms with Crippen LogP contribution in [0.4, 0.5) is 18.9 Å². The monoisotopic (exact) mass is 263 g/mol. The molecule has 7 heteroatoms. The first-order valence-corrected chi connectivity index (χ1v) is 5.23. The summed E-state index contributed by atoms with van der Waals surface area (Å²) < 4.78 is 36.2. The smallest absolute Gasteiger partial charge is 0.389 e. The Morgan fingerprint density at radius 2 is 2.06 bits per heavy atom. The third kappa shape index (κ3) is 2.82. The molecule has 0 aliphatic heterocycles. The molecular weight excluding hydrogens is 255 g/mol. The van der Waals surface area contributed by atoms with Crippen molar-refractivity contribution in [3.05, 3.63) is 23.0 Å². The second-order valence-electron chi connectivity index (χ2n) is 3.69. The van der Waals surface area contributed by atoms with Gasteiger partial charge in [-0.25, -0.2) is 4.98 Å². The molecule has 0 bridgehead atoms. The minimum atomic E-state index is -4.19. The fourth-order valence-electron chi connectivity index (χ4n) is 1.54. The molecular formula is C10H9ClF3N3. The Hall–Kier alpha value is -1.43. The van der Waals surface area contributed by atoms with Gasteiger partial charge >= 0.3 is 6.18 Å². The first-order valence-electron chi connectivity index (χ1n) is 4.85. The van der Waals surface area contributed by atoms with Crippen molar-refractivity contribution in [2.45, 2.75) is 19.0 Å². The maximum absolute atomic E-state index is 12.1. The molecule has 3 nitrogen and oxygen atoms in total. The molecule has 2 rings (SSSR count). The predicted octanol–water partition coefficient (Wildman–Crippen LogP) is 3.29. The van der Waals surface area contributed by atoms with Crippen molar-refractivity contribution in [3.63, 3.8) is 0 Å². The number of nitrogens with zero attached hydrogens (tertiary/aromatic N) is 1. The average Bonchev–Trinajstić information content (AvgIpc) is 2.56. The third-order valence-electron chi connectivity index (χ3n) is 2.28. The van der Waals surface area contributed by atoms with Gasteiger partial charge in [0.2, 0.25) is 0 Å². The van der Waals surface area contributed by atoms with Crippen molar-refractivity contribution in [1.82, 2.24) is 9.97 Å². The first kappa shape index (κ1) is 12.0. The summed E-state index contributed by atoms with van der Waals surface area (Å²) in [5.74, 6) is 0.256. The highest BCUT2D eigenvalue weighted by Gasteiger charge is 2.27. The van der Waals surface area contributed by atoms with Crippen molar-refractivity contribution < 1.29 is 13.2 Å². The van der Waals surface area contributed by atoms with E-state index in [1.54, 1.807) is 6.07 Å². The molecule has 0 aliphatic carbocycles. The fraction of sp³-hybridized carbons (Fsp3) is 0.300. The minimum Gasteiger partial charge on any atom is -0.397 e. The molecule has 3 N–H and O–H groups in total. The topological polar surface area (TPSA) is 54.7 Å². The largest absolute Gasteiger partial charge is 0.397 e. The number of aromatic amines is 1. The van der Waals surface area contributed by atoms with E-state index in [1.165, 1.54) is 6.07 Å². The Morgan fingerprint density at radius 3 is 2.71 bits per heavy atom. The van der Waals surface area contributed by atoms with E-state index in [0.717, 1.165) is 0 Å². The van der Waals surface area contributed by atoms with Crippen LogP contribution >= 0.6 is 11.6 Å². The van der Waals surface area contributed by atoms with Crippen molar-refractivity contribution in [2.24, 2.45) is 0 Å². The maximum atomic E-state index is 12.1. The van der Waals surface area contributed by atoms with Crippen LogP contribution < -0.4 is 5.73 Å². The second kappa shape index (κ2) is 4.10. The molecule has 0 aliphatic rings. The maximum Gasteiger partial charge on any atom is 0.389 e. The summed E-state index contributed by atoms with van der Waals surface area (Å²) in [4.78, 5) is 6.79. The zero-order valence-electron chi connectivity index (χ0n) is 8.61. The average molecular weight is 264 g/mol. The van der Waals surface area contributed by atoms with E-state index in [1.807, 2.05) is 0 Å². The normalized spacial score (nSPS) is 12.2. The van der Waals surface area contributed by atoms with Crippen LogP contribution in [0, 0.1) is 0 Å². The lowest BCUT2D eigenvalue weighted by atomic mass is 10.3. The number of halogens is 4. The van der Waals surface area contributed by atoms with Gasteiger partial charge in [-0.3, -0.25) is 0 Å². The Kier molecular flexibility index (Phi) is 2.91. The Labute approximate surface area is 99.8 Å². The van der Waals surface area contributed by atoms with Gasteiger partial charge in [-0.1, -0.05) is 11.6 Å². The van der Waals surface area contributed by atoms with Crippen LogP contribution in [0.5, 0.6) is 0 Å². The van der Waals surface area contributed by atoms with Gasteiger partial charge in [-0.2, -0.15) is 13.2 Å². The lowest BCUT2D eigenvalue weighted by Gasteiger charge is -2.02. The highest BCUT2D eigenvalue weighted by Crippen LogP contribution is 2.26. The lowest BCUT2D eigenvalue weighted by molar-refractivity contribution is -0.134. The molecule has 1 aromatic carbocycles. The molecule has 1 heterocycles. The van der Waals surface area contributed by atoms with Crippen LogP contribution in [0.15, 0.2) is 12.1 Å². The minimum absolute atomic E-state index is 0.199. The molecule has 2 aromatic rings. The Morgan fingerprint density at radius 1 is 1.35 bits per heavy atom. The van der Waals surface area contributed by atoms with E-state index in [0.29, 0.717) is 21.7 Å². The van der Waals surface area contributed by atoms with Crippen molar-refractivity contribution in [3.8, 4) is 0 Å². The number of nitrogens with one attached hydrogen (secondary N) is 1. The molecule has 0 spiro atoms. The summed E-state index contributed by atoms with van der Waals surface area (Å²) >= 11 is 5.78. The molecule has 0 unspecified atom stereocenters. The summed E-state index contributed by atoms with van der Waals surface area (Å²) in [6, 6.07) is 3.09. The number of hydrogen-bond acceptors (Lipinski definition) is 2. The van der Waals surface area contributed by atoms with Gasteiger partial charge in [-0.15, -0.1) is 0 Å². The van der Waals surface area contributed by atoms with Gasteiger partial charge in [-0.05, 0) is 12.1 Å². The third-order valence-corrected chi connectivity index (χ3v) is 2.49. The van der Waals surface area contributed by atoms with E-state index < -0.39 is 12.6 Å². The number of hydrogen-bond donors (Lipinski definition) is 2. The van der Waals surface area contributed by atoms with Gasteiger partial charge in [0.15, 0.2) is 0 Å². The highest BCUT2D eigenvalue weighted by atomic mass is 35.5. The zero-order valence-corrected chi connectivity index (χ0v) is 9.36. The van der Waals surface area contributed by atoms with E-state index >= 15 is 0 Å². The summed E-state index contributed by atoms with van der Waals surface area (Å²) in [7, 11) is 0. The van der Waals surface area contributed by atoms with E-state index in [4.69, 9.17) is 17.3 Å². The summed E-state index contributed by atoms with van der Waals surface area (Å²) in [6.07, 6.45) is -5.31. The molecule has 0 fully saturated rings. The molecule has 0 amide bonds. The number of anilines is 1. The molecule has 0 saturated heterocycles. The van der Waals surface area contributed by atoms with Crippen LogP contribution in [0.25, 0.3) is 11.0 Å². The standard InChI is InChI=1S/C10H9ClF3N3/c11-5-3-6(15)9-7(4-5)16-8(17-9)1-2-10(12,13)14/h3-4H,1-2,15H2,(H,16,17). The summed E-state index contributed by atoms with van der Waals surface area (Å²) in [5, 5.41) is 0.418. The molecule has 92 valence electrons. The first-order chi connectivity index (χ1) is 7.85. The van der Waals surface area contributed by atoms with Crippen LogP contribution in [-0.4, -0.2) is 16.1 Å². The van der Waals surface area contributed by atoms with Crippen LogP contribution in [0.1, 0.15) is 12.2 Å². The Bertz CT molecular complexity index is 547. The molecule has 0 radical (unpaired) electrons. The van der Waals surface area contributed by atoms with Gasteiger partial charge in [0, 0.05) is 11.4 Å². The van der Waals surface area contributed by atoms with Gasteiger partial charge < -0.3 is 10.7 Å². The highest BCUT2D eigenvalue weighted by molar-refractivity contribution is 6.31.